The lowest BCUT2D eigenvalue weighted by atomic mass is 10.1. The summed E-state index contributed by atoms with van der Waals surface area (Å²) in [6.07, 6.45) is 3.43. The Bertz CT molecular complexity index is 739. The van der Waals surface area contributed by atoms with Crippen LogP contribution in [-0.4, -0.2) is 48.2 Å². The molecule has 1 aliphatic heterocycles. The molecule has 7 nitrogen and oxygen atoms in total. The van der Waals surface area contributed by atoms with Crippen molar-refractivity contribution in [3.63, 3.8) is 0 Å². The van der Waals surface area contributed by atoms with Gasteiger partial charge in [-0.1, -0.05) is 19.4 Å². The first-order valence-corrected chi connectivity index (χ1v) is 8.75. The molecule has 0 unspecified atom stereocenters. The number of H-pyrrole nitrogens is 1. The molecule has 25 heavy (non-hydrogen) atoms. The lowest BCUT2D eigenvalue weighted by molar-refractivity contribution is 0.180. The molecule has 0 amide bonds. The molecule has 0 atom stereocenters. The van der Waals surface area contributed by atoms with Crippen LogP contribution >= 0.6 is 0 Å². The minimum Gasteiger partial charge on any atom is -0.378 e. The first-order chi connectivity index (χ1) is 12.2. The average Bonchev–Trinajstić information content (AvgIpc) is 2.65. The predicted octanol–water partition coefficient (Wildman–Crippen LogP) is 1.59. The van der Waals surface area contributed by atoms with Crippen molar-refractivity contribution < 1.29 is 4.74 Å². The van der Waals surface area contributed by atoms with Crippen LogP contribution in [0.2, 0.25) is 0 Å². The molecule has 2 aromatic rings. The zero-order chi connectivity index (χ0) is 17.6. The first-order valence-electron chi connectivity index (χ1n) is 8.75. The van der Waals surface area contributed by atoms with E-state index in [9.17, 15) is 4.79 Å². The van der Waals surface area contributed by atoms with Gasteiger partial charge in [0.25, 0.3) is 5.56 Å². The standard InChI is InChI=1S/C18H25N5O2/c1-3-6-14-15(13-25-2)20-18(21-17(14)24)23-11-9-22(10-12-23)16-7-4-5-8-19-16/h4-5,7-8H,3,6,9-13H2,1-2H3,(H,20,21,24). The highest BCUT2D eigenvalue weighted by Gasteiger charge is 2.21. The van der Waals surface area contributed by atoms with E-state index in [1.165, 1.54) is 0 Å². The zero-order valence-electron chi connectivity index (χ0n) is 14.9. The van der Waals surface area contributed by atoms with Crippen molar-refractivity contribution in [1.82, 2.24) is 15.0 Å². The van der Waals surface area contributed by atoms with Crippen LogP contribution in [0.15, 0.2) is 29.2 Å². The predicted molar refractivity (Wildman–Crippen MR) is 98.2 cm³/mol. The highest BCUT2D eigenvalue weighted by Crippen LogP contribution is 2.16. The van der Waals surface area contributed by atoms with Crippen LogP contribution in [0, 0.1) is 0 Å². The second kappa shape index (κ2) is 8.11. The van der Waals surface area contributed by atoms with Gasteiger partial charge in [-0.15, -0.1) is 0 Å². The molecule has 3 heterocycles. The van der Waals surface area contributed by atoms with Gasteiger partial charge < -0.3 is 14.5 Å². The average molecular weight is 343 g/mol. The van der Waals surface area contributed by atoms with Gasteiger partial charge in [0, 0.05) is 45.0 Å². The summed E-state index contributed by atoms with van der Waals surface area (Å²) in [7, 11) is 1.63. The van der Waals surface area contributed by atoms with Crippen molar-refractivity contribution in [3.8, 4) is 0 Å². The van der Waals surface area contributed by atoms with Crippen molar-refractivity contribution in [3.05, 3.63) is 46.0 Å². The van der Waals surface area contributed by atoms with Gasteiger partial charge >= 0.3 is 0 Å². The third-order valence-corrected chi connectivity index (χ3v) is 4.42. The monoisotopic (exact) mass is 343 g/mol. The Hall–Kier alpha value is -2.41. The van der Waals surface area contributed by atoms with Crippen molar-refractivity contribution in [2.75, 3.05) is 43.1 Å². The molecule has 7 heteroatoms. The molecule has 0 bridgehead atoms. The Morgan fingerprint density at radius 3 is 2.60 bits per heavy atom. The third-order valence-electron chi connectivity index (χ3n) is 4.42. The number of aromatic amines is 1. The SMILES string of the molecule is CCCc1c(COC)nc(N2CCN(c3ccccn3)CC2)[nH]c1=O. The van der Waals surface area contributed by atoms with E-state index in [-0.39, 0.29) is 5.56 Å². The van der Waals surface area contributed by atoms with Crippen molar-refractivity contribution in [2.45, 2.75) is 26.4 Å². The molecule has 0 radical (unpaired) electrons. The Morgan fingerprint density at radius 2 is 1.96 bits per heavy atom. The van der Waals surface area contributed by atoms with Gasteiger partial charge in [0.1, 0.15) is 5.82 Å². The van der Waals surface area contributed by atoms with Crippen LogP contribution in [0.5, 0.6) is 0 Å². The van der Waals surface area contributed by atoms with E-state index in [1.54, 1.807) is 7.11 Å². The molecule has 1 saturated heterocycles. The van der Waals surface area contributed by atoms with E-state index in [0.29, 0.717) is 12.6 Å². The number of methoxy groups -OCH3 is 1. The lowest BCUT2D eigenvalue weighted by Crippen LogP contribution is -2.48. The quantitative estimate of drug-likeness (QED) is 0.859. The van der Waals surface area contributed by atoms with Gasteiger partial charge in [-0.3, -0.25) is 9.78 Å². The molecule has 0 spiro atoms. The molecular weight excluding hydrogens is 318 g/mol. The zero-order valence-corrected chi connectivity index (χ0v) is 14.9. The molecule has 3 rings (SSSR count). The molecular formula is C18H25N5O2. The van der Waals surface area contributed by atoms with Crippen LogP contribution < -0.4 is 15.4 Å². The van der Waals surface area contributed by atoms with Crippen molar-refractivity contribution >= 4 is 11.8 Å². The van der Waals surface area contributed by atoms with Crippen LogP contribution in [0.4, 0.5) is 11.8 Å². The van der Waals surface area contributed by atoms with Crippen LogP contribution in [0.1, 0.15) is 24.6 Å². The molecule has 0 aromatic carbocycles. The van der Waals surface area contributed by atoms with E-state index in [1.807, 2.05) is 24.4 Å². The van der Waals surface area contributed by atoms with Crippen molar-refractivity contribution in [2.24, 2.45) is 0 Å². The van der Waals surface area contributed by atoms with Gasteiger partial charge in [0.15, 0.2) is 0 Å². The minimum absolute atomic E-state index is 0.0499. The smallest absolute Gasteiger partial charge is 0.255 e. The number of piperazine rings is 1. The maximum Gasteiger partial charge on any atom is 0.255 e. The summed E-state index contributed by atoms with van der Waals surface area (Å²) < 4.78 is 5.24. The summed E-state index contributed by atoms with van der Waals surface area (Å²) in [6, 6.07) is 5.94. The van der Waals surface area contributed by atoms with Gasteiger partial charge in [0.2, 0.25) is 5.95 Å². The summed E-state index contributed by atoms with van der Waals surface area (Å²) >= 11 is 0. The molecule has 0 saturated carbocycles. The molecule has 0 aliphatic carbocycles. The number of nitrogens with zero attached hydrogens (tertiary/aromatic N) is 4. The number of hydrogen-bond acceptors (Lipinski definition) is 6. The molecule has 1 aliphatic rings. The maximum atomic E-state index is 12.5. The minimum atomic E-state index is -0.0499. The van der Waals surface area contributed by atoms with Gasteiger partial charge in [-0.05, 0) is 18.6 Å². The topological polar surface area (TPSA) is 74.3 Å². The number of nitrogens with one attached hydrogen (secondary N) is 1. The van der Waals surface area contributed by atoms with Gasteiger partial charge in [-0.25, -0.2) is 9.97 Å². The molecule has 134 valence electrons. The summed E-state index contributed by atoms with van der Waals surface area (Å²) in [5.74, 6) is 1.62. The summed E-state index contributed by atoms with van der Waals surface area (Å²) in [6.45, 7) is 5.69. The fraction of sp³-hybridized carbons (Fsp3) is 0.500. The van der Waals surface area contributed by atoms with E-state index in [2.05, 4.69) is 31.7 Å². The number of anilines is 2. The van der Waals surface area contributed by atoms with E-state index >= 15 is 0 Å². The molecule has 1 N–H and O–H groups in total. The molecule has 1 fully saturated rings. The Kier molecular flexibility index (Phi) is 5.65. The second-order valence-corrected chi connectivity index (χ2v) is 6.16. The fourth-order valence-electron chi connectivity index (χ4n) is 3.13. The number of aromatic nitrogens is 3. The van der Waals surface area contributed by atoms with Crippen LogP contribution in [-0.2, 0) is 17.8 Å². The molecule has 2 aromatic heterocycles. The number of hydrogen-bond donors (Lipinski definition) is 1. The Morgan fingerprint density at radius 1 is 1.20 bits per heavy atom. The summed E-state index contributed by atoms with van der Waals surface area (Å²) in [5, 5.41) is 0. The number of rotatable bonds is 6. The highest BCUT2D eigenvalue weighted by molar-refractivity contribution is 5.42. The lowest BCUT2D eigenvalue weighted by Gasteiger charge is -2.35. The van der Waals surface area contributed by atoms with Crippen LogP contribution in [0.25, 0.3) is 0 Å². The van der Waals surface area contributed by atoms with Gasteiger partial charge in [0.05, 0.1) is 12.3 Å². The largest absolute Gasteiger partial charge is 0.378 e. The van der Waals surface area contributed by atoms with Crippen LogP contribution in [0.3, 0.4) is 0 Å². The normalized spacial score (nSPS) is 14.8. The van der Waals surface area contributed by atoms with Crippen molar-refractivity contribution in [1.29, 1.82) is 0 Å². The van der Waals surface area contributed by atoms with Gasteiger partial charge in [-0.2, -0.15) is 0 Å². The summed E-state index contributed by atoms with van der Waals surface area (Å²) in [4.78, 5) is 28.9. The first kappa shape index (κ1) is 17.4. The third kappa shape index (κ3) is 3.99. The summed E-state index contributed by atoms with van der Waals surface area (Å²) in [5.41, 5.74) is 1.43. The van der Waals surface area contributed by atoms with E-state index in [4.69, 9.17) is 4.74 Å². The Balaban J connectivity index is 1.75. The maximum absolute atomic E-state index is 12.5. The van der Waals surface area contributed by atoms with E-state index in [0.717, 1.165) is 56.1 Å². The number of pyridine rings is 1. The second-order valence-electron chi connectivity index (χ2n) is 6.16. The fourth-order valence-corrected chi connectivity index (χ4v) is 3.13. The highest BCUT2D eigenvalue weighted by atomic mass is 16.5. The van der Waals surface area contributed by atoms with E-state index < -0.39 is 0 Å². The Labute approximate surface area is 147 Å². The number of ether oxygens (including phenoxy) is 1.